The van der Waals surface area contributed by atoms with Crippen molar-refractivity contribution in [2.45, 2.75) is 53.5 Å². The Bertz CT molecular complexity index is 271. The van der Waals surface area contributed by atoms with Crippen molar-refractivity contribution >= 4 is 5.97 Å². The van der Waals surface area contributed by atoms with Gasteiger partial charge in [0.15, 0.2) is 0 Å². The maximum atomic E-state index is 11.3. The van der Waals surface area contributed by atoms with Crippen LogP contribution in [0.5, 0.6) is 0 Å². The van der Waals surface area contributed by atoms with Crippen LogP contribution in [0.3, 0.4) is 0 Å². The molecule has 1 aliphatic carbocycles. The fourth-order valence-electron chi connectivity index (χ4n) is 3.41. The maximum absolute atomic E-state index is 11.3. The van der Waals surface area contributed by atoms with E-state index in [2.05, 4.69) is 39.5 Å². The molecule has 1 rings (SSSR count). The summed E-state index contributed by atoms with van der Waals surface area (Å²) in [5, 5.41) is 9.32. The summed E-state index contributed by atoms with van der Waals surface area (Å²) in [5.74, 6) is -0.388. The first kappa shape index (κ1) is 14.5. The van der Waals surface area contributed by atoms with Gasteiger partial charge in [0.05, 0.1) is 5.92 Å². The molecular formula is C14H27NO2. The van der Waals surface area contributed by atoms with E-state index in [-0.39, 0.29) is 11.3 Å². The minimum Gasteiger partial charge on any atom is -0.481 e. The topological polar surface area (TPSA) is 40.5 Å². The highest BCUT2D eigenvalue weighted by Gasteiger charge is 2.47. The third kappa shape index (κ3) is 2.65. The summed E-state index contributed by atoms with van der Waals surface area (Å²) in [6.07, 6.45) is 1.83. The van der Waals surface area contributed by atoms with Gasteiger partial charge in [0.1, 0.15) is 0 Å². The van der Waals surface area contributed by atoms with Crippen LogP contribution in [-0.2, 0) is 4.79 Å². The van der Waals surface area contributed by atoms with Gasteiger partial charge < -0.3 is 10.0 Å². The van der Waals surface area contributed by atoms with Gasteiger partial charge in [-0.2, -0.15) is 0 Å². The molecule has 1 aliphatic rings. The van der Waals surface area contributed by atoms with E-state index in [1.165, 1.54) is 0 Å². The van der Waals surface area contributed by atoms with Crippen LogP contribution in [0.15, 0.2) is 0 Å². The zero-order chi connectivity index (χ0) is 13.2. The van der Waals surface area contributed by atoms with Gasteiger partial charge in [0, 0.05) is 6.04 Å². The van der Waals surface area contributed by atoms with E-state index in [0.29, 0.717) is 12.0 Å². The summed E-state index contributed by atoms with van der Waals surface area (Å²) < 4.78 is 0. The van der Waals surface area contributed by atoms with Gasteiger partial charge >= 0.3 is 5.97 Å². The van der Waals surface area contributed by atoms with Crippen molar-refractivity contribution in [1.82, 2.24) is 4.90 Å². The van der Waals surface area contributed by atoms with Crippen molar-refractivity contribution in [3.63, 3.8) is 0 Å². The monoisotopic (exact) mass is 241 g/mol. The highest BCUT2D eigenvalue weighted by molar-refractivity contribution is 5.71. The molecule has 1 N–H and O–H groups in total. The third-order valence-corrected chi connectivity index (χ3v) is 4.98. The molecule has 1 fully saturated rings. The van der Waals surface area contributed by atoms with E-state index in [1.54, 1.807) is 0 Å². The molecule has 3 nitrogen and oxygen atoms in total. The van der Waals surface area contributed by atoms with Crippen LogP contribution >= 0.6 is 0 Å². The highest BCUT2D eigenvalue weighted by Crippen LogP contribution is 2.46. The van der Waals surface area contributed by atoms with Crippen molar-refractivity contribution in [2.24, 2.45) is 17.3 Å². The van der Waals surface area contributed by atoms with Gasteiger partial charge in [-0.3, -0.25) is 4.79 Å². The number of carbonyl (C=O) groups is 1. The molecule has 0 saturated heterocycles. The predicted octanol–water partition coefficient (Wildman–Crippen LogP) is 2.85. The number of carboxylic acids is 1. The number of hydrogen-bond acceptors (Lipinski definition) is 2. The van der Waals surface area contributed by atoms with Crippen LogP contribution in [-0.4, -0.2) is 35.1 Å². The molecule has 3 unspecified atom stereocenters. The molecule has 0 aliphatic heterocycles. The normalized spacial score (nSPS) is 32.7. The van der Waals surface area contributed by atoms with Gasteiger partial charge in [-0.1, -0.05) is 34.6 Å². The van der Waals surface area contributed by atoms with Crippen LogP contribution in [0, 0.1) is 17.3 Å². The molecule has 3 atom stereocenters. The molecule has 0 bridgehead atoms. The summed E-state index contributed by atoms with van der Waals surface area (Å²) in [6.45, 7) is 12.9. The molecule has 0 amide bonds. The largest absolute Gasteiger partial charge is 0.481 e. The second kappa shape index (κ2) is 5.38. The highest BCUT2D eigenvalue weighted by atomic mass is 16.4. The third-order valence-electron chi connectivity index (χ3n) is 4.98. The molecule has 0 spiro atoms. The first-order chi connectivity index (χ1) is 7.86. The molecule has 0 heterocycles. The Hall–Kier alpha value is -0.570. The van der Waals surface area contributed by atoms with E-state index in [1.807, 2.05) is 0 Å². The lowest BCUT2D eigenvalue weighted by atomic mass is 9.60. The Morgan fingerprint density at radius 2 is 1.82 bits per heavy atom. The number of rotatable bonds is 4. The quantitative estimate of drug-likeness (QED) is 0.822. The average Bonchev–Trinajstić information content (AvgIpc) is 2.25. The number of carboxylic acid groups (broad SMARTS) is 1. The molecule has 0 aromatic heterocycles. The SMILES string of the molecule is CCN(CC)C1CCC(C(=O)O)C(C)(C)C1C. The fraction of sp³-hybridized carbons (Fsp3) is 0.929. The summed E-state index contributed by atoms with van der Waals surface area (Å²) >= 11 is 0. The second-order valence-electron chi connectivity index (χ2n) is 5.87. The minimum atomic E-state index is -0.625. The summed E-state index contributed by atoms with van der Waals surface area (Å²) in [7, 11) is 0. The lowest BCUT2D eigenvalue weighted by Gasteiger charge is -2.49. The standard InChI is InChI=1S/C14H27NO2/c1-6-15(7-2)12-9-8-11(13(16)17)14(4,5)10(12)3/h10-12H,6-9H2,1-5H3,(H,16,17). The van der Waals surface area contributed by atoms with E-state index in [0.717, 1.165) is 25.9 Å². The predicted molar refractivity (Wildman–Crippen MR) is 70.0 cm³/mol. The molecule has 0 aromatic rings. The van der Waals surface area contributed by atoms with Gasteiger partial charge in [-0.15, -0.1) is 0 Å². The van der Waals surface area contributed by atoms with Crippen LogP contribution in [0.4, 0.5) is 0 Å². The Morgan fingerprint density at radius 1 is 1.29 bits per heavy atom. The molecule has 100 valence electrons. The summed E-state index contributed by atoms with van der Waals surface area (Å²) in [5.41, 5.74) is -0.114. The van der Waals surface area contributed by atoms with Gasteiger partial charge in [-0.25, -0.2) is 0 Å². The lowest BCUT2D eigenvalue weighted by Crippen LogP contribution is -2.52. The number of aliphatic carboxylic acids is 1. The Balaban J connectivity index is 2.88. The molecule has 1 saturated carbocycles. The lowest BCUT2D eigenvalue weighted by molar-refractivity contribution is -0.151. The number of hydrogen-bond donors (Lipinski definition) is 1. The van der Waals surface area contributed by atoms with Crippen molar-refractivity contribution in [1.29, 1.82) is 0 Å². The van der Waals surface area contributed by atoms with E-state index >= 15 is 0 Å². The Kier molecular flexibility index (Phi) is 4.59. The average molecular weight is 241 g/mol. The maximum Gasteiger partial charge on any atom is 0.307 e. The van der Waals surface area contributed by atoms with Gasteiger partial charge in [-0.05, 0) is 37.3 Å². The van der Waals surface area contributed by atoms with Crippen molar-refractivity contribution in [3.05, 3.63) is 0 Å². The van der Waals surface area contributed by atoms with Crippen LogP contribution < -0.4 is 0 Å². The Labute approximate surface area is 105 Å². The zero-order valence-electron chi connectivity index (χ0n) is 11.9. The molecule has 0 aromatic carbocycles. The molecule has 17 heavy (non-hydrogen) atoms. The van der Waals surface area contributed by atoms with Crippen LogP contribution in [0.25, 0.3) is 0 Å². The van der Waals surface area contributed by atoms with Crippen LogP contribution in [0.2, 0.25) is 0 Å². The fourth-order valence-corrected chi connectivity index (χ4v) is 3.41. The van der Waals surface area contributed by atoms with E-state index < -0.39 is 5.97 Å². The van der Waals surface area contributed by atoms with Crippen molar-refractivity contribution < 1.29 is 9.90 Å². The smallest absolute Gasteiger partial charge is 0.307 e. The Morgan fingerprint density at radius 3 is 2.24 bits per heavy atom. The molecule has 3 heteroatoms. The van der Waals surface area contributed by atoms with Crippen LogP contribution in [0.1, 0.15) is 47.5 Å². The minimum absolute atomic E-state index is 0.114. The van der Waals surface area contributed by atoms with E-state index in [4.69, 9.17) is 0 Å². The summed E-state index contributed by atoms with van der Waals surface area (Å²) in [4.78, 5) is 13.8. The zero-order valence-corrected chi connectivity index (χ0v) is 11.9. The van der Waals surface area contributed by atoms with Crippen molar-refractivity contribution in [3.8, 4) is 0 Å². The van der Waals surface area contributed by atoms with Gasteiger partial charge in [0.25, 0.3) is 0 Å². The molecular weight excluding hydrogens is 214 g/mol. The summed E-state index contributed by atoms with van der Waals surface area (Å²) in [6, 6.07) is 0.538. The molecule has 0 radical (unpaired) electrons. The number of nitrogens with zero attached hydrogens (tertiary/aromatic N) is 1. The van der Waals surface area contributed by atoms with Gasteiger partial charge in [0.2, 0.25) is 0 Å². The first-order valence-electron chi connectivity index (χ1n) is 6.83. The van der Waals surface area contributed by atoms with Crippen molar-refractivity contribution in [2.75, 3.05) is 13.1 Å². The second-order valence-corrected chi connectivity index (χ2v) is 5.87. The first-order valence-corrected chi connectivity index (χ1v) is 6.83. The van der Waals surface area contributed by atoms with E-state index in [9.17, 15) is 9.90 Å².